The lowest BCUT2D eigenvalue weighted by atomic mass is 10.1. The summed E-state index contributed by atoms with van der Waals surface area (Å²) in [6.07, 6.45) is 2.83. The maximum Gasteiger partial charge on any atom is 0.331 e. The van der Waals surface area contributed by atoms with E-state index in [-0.39, 0.29) is 18.1 Å². The molecule has 2 aromatic rings. The minimum absolute atomic E-state index is 0.301. The van der Waals surface area contributed by atoms with Gasteiger partial charge in [-0.25, -0.2) is 4.79 Å². The third kappa shape index (κ3) is 6.95. The Morgan fingerprint density at radius 3 is 2.53 bits per heavy atom. The molecule has 0 fully saturated rings. The van der Waals surface area contributed by atoms with Crippen molar-refractivity contribution in [2.24, 2.45) is 0 Å². The van der Waals surface area contributed by atoms with Crippen molar-refractivity contribution in [2.45, 2.75) is 46.8 Å². The van der Waals surface area contributed by atoms with Gasteiger partial charge in [0.1, 0.15) is 12.4 Å². The highest BCUT2D eigenvalue weighted by molar-refractivity contribution is 5.89. The van der Waals surface area contributed by atoms with Crippen molar-refractivity contribution in [2.75, 3.05) is 13.7 Å². The molecule has 2 rings (SSSR count). The molecule has 0 aliphatic heterocycles. The van der Waals surface area contributed by atoms with Crippen LogP contribution in [0.1, 0.15) is 43.4 Å². The van der Waals surface area contributed by atoms with Crippen molar-refractivity contribution in [3.05, 3.63) is 46.9 Å². The van der Waals surface area contributed by atoms with Gasteiger partial charge in [0.15, 0.2) is 18.1 Å². The van der Waals surface area contributed by atoms with Gasteiger partial charge in [-0.05, 0) is 58.4 Å². The highest BCUT2D eigenvalue weighted by Crippen LogP contribution is 2.30. The molecule has 162 valence electrons. The lowest BCUT2D eigenvalue weighted by Crippen LogP contribution is -2.42. The summed E-state index contributed by atoms with van der Waals surface area (Å²) >= 11 is 0. The number of aromatic nitrogens is 1. The molecule has 1 N–H and O–H groups in total. The zero-order chi connectivity index (χ0) is 22.3. The quantitative estimate of drug-likeness (QED) is 0.520. The molecule has 1 heterocycles. The number of ether oxygens (including phenoxy) is 3. The number of hydrogen-bond donors (Lipinski definition) is 1. The number of nitrogens with one attached hydrogen (secondary N) is 1. The van der Waals surface area contributed by atoms with Crippen LogP contribution in [0.25, 0.3) is 6.08 Å². The van der Waals surface area contributed by atoms with Crippen LogP contribution in [0.3, 0.4) is 0 Å². The van der Waals surface area contributed by atoms with Gasteiger partial charge in [-0.3, -0.25) is 4.79 Å². The van der Waals surface area contributed by atoms with Gasteiger partial charge in [0, 0.05) is 11.6 Å². The highest BCUT2D eigenvalue weighted by atomic mass is 16.5. The van der Waals surface area contributed by atoms with Crippen molar-refractivity contribution >= 4 is 18.0 Å². The van der Waals surface area contributed by atoms with Crippen molar-refractivity contribution in [3.63, 3.8) is 0 Å². The van der Waals surface area contributed by atoms with Gasteiger partial charge in [-0.1, -0.05) is 11.2 Å². The number of aryl methyl sites for hydroxylation is 2. The second-order valence-electron chi connectivity index (χ2n) is 7.74. The molecule has 0 radical (unpaired) electrons. The maximum absolute atomic E-state index is 11.8. The molecule has 30 heavy (non-hydrogen) atoms. The van der Waals surface area contributed by atoms with Crippen molar-refractivity contribution in [1.29, 1.82) is 0 Å². The monoisotopic (exact) mass is 416 g/mol. The fraction of sp³-hybridized carbons (Fsp3) is 0.409. The molecule has 0 bridgehead atoms. The molecule has 1 aromatic heterocycles. The molecule has 0 aliphatic rings. The van der Waals surface area contributed by atoms with Gasteiger partial charge >= 0.3 is 5.97 Å². The van der Waals surface area contributed by atoms with E-state index in [4.69, 9.17) is 18.7 Å². The van der Waals surface area contributed by atoms with E-state index in [2.05, 4.69) is 10.5 Å². The van der Waals surface area contributed by atoms with Gasteiger partial charge in [0.2, 0.25) is 0 Å². The zero-order valence-electron chi connectivity index (χ0n) is 18.2. The number of hydrogen-bond acceptors (Lipinski definition) is 7. The average Bonchev–Trinajstić information content (AvgIpc) is 2.99. The zero-order valence-corrected chi connectivity index (χ0v) is 18.2. The van der Waals surface area contributed by atoms with Crippen LogP contribution in [-0.2, 0) is 20.9 Å². The average molecular weight is 416 g/mol. The summed E-state index contributed by atoms with van der Waals surface area (Å²) in [5, 5.41) is 6.62. The van der Waals surface area contributed by atoms with E-state index in [0.29, 0.717) is 29.4 Å². The number of carbonyl (C=O) groups excluding carboxylic acids is 2. The number of carbonyl (C=O) groups is 2. The largest absolute Gasteiger partial charge is 0.493 e. The molecule has 0 aliphatic carbocycles. The van der Waals surface area contributed by atoms with Crippen LogP contribution in [0.4, 0.5) is 0 Å². The van der Waals surface area contributed by atoms with Crippen LogP contribution in [0.2, 0.25) is 0 Å². The van der Waals surface area contributed by atoms with Crippen molar-refractivity contribution in [3.8, 4) is 11.5 Å². The normalized spacial score (nSPS) is 11.4. The Labute approximate surface area is 176 Å². The third-order valence-corrected chi connectivity index (χ3v) is 4.01. The van der Waals surface area contributed by atoms with E-state index in [1.165, 1.54) is 13.2 Å². The van der Waals surface area contributed by atoms with Crippen LogP contribution < -0.4 is 14.8 Å². The molecule has 1 amide bonds. The van der Waals surface area contributed by atoms with Crippen molar-refractivity contribution < 1.29 is 28.3 Å². The minimum Gasteiger partial charge on any atom is -0.493 e. The highest BCUT2D eigenvalue weighted by Gasteiger charge is 2.15. The predicted molar refractivity (Wildman–Crippen MR) is 111 cm³/mol. The van der Waals surface area contributed by atoms with E-state index in [9.17, 15) is 9.59 Å². The standard InChI is InChI=1S/C22H28N2O6/c1-14-17(15(2)30-24-14)12-28-18-9-7-16(11-19(18)27-6)8-10-21(26)29-13-20(25)23-22(3,4)5/h7-11H,12-13H2,1-6H3,(H,23,25)/b10-8+. The van der Waals surface area contributed by atoms with E-state index in [1.54, 1.807) is 24.3 Å². The van der Waals surface area contributed by atoms with Crippen LogP contribution in [0.5, 0.6) is 11.5 Å². The lowest BCUT2D eigenvalue weighted by Gasteiger charge is -2.20. The molecular weight excluding hydrogens is 388 g/mol. The molecule has 8 heteroatoms. The van der Waals surface area contributed by atoms with Crippen LogP contribution in [0.15, 0.2) is 28.8 Å². The summed E-state index contributed by atoms with van der Waals surface area (Å²) in [7, 11) is 1.54. The number of rotatable bonds is 8. The van der Waals surface area contributed by atoms with E-state index in [1.807, 2.05) is 34.6 Å². The molecule has 8 nitrogen and oxygen atoms in total. The summed E-state index contributed by atoms with van der Waals surface area (Å²) in [4.78, 5) is 23.5. The Hall–Kier alpha value is -3.29. The fourth-order valence-corrected chi connectivity index (χ4v) is 2.57. The summed E-state index contributed by atoms with van der Waals surface area (Å²) in [5.41, 5.74) is 2.00. The Kier molecular flexibility index (Phi) is 7.63. The Bertz CT molecular complexity index is 905. The first-order chi connectivity index (χ1) is 14.1. The minimum atomic E-state index is -0.614. The van der Waals surface area contributed by atoms with Crippen LogP contribution >= 0.6 is 0 Å². The smallest absolute Gasteiger partial charge is 0.331 e. The van der Waals surface area contributed by atoms with Crippen LogP contribution in [-0.4, -0.2) is 36.3 Å². The summed E-state index contributed by atoms with van der Waals surface area (Å²) in [6.45, 7) is 9.20. The predicted octanol–water partition coefficient (Wildman–Crippen LogP) is 3.35. The Morgan fingerprint density at radius 1 is 1.20 bits per heavy atom. The number of methoxy groups -OCH3 is 1. The fourth-order valence-electron chi connectivity index (χ4n) is 2.57. The number of benzene rings is 1. The van der Waals surface area contributed by atoms with E-state index in [0.717, 1.165) is 11.3 Å². The SMILES string of the molecule is COc1cc(/C=C/C(=O)OCC(=O)NC(C)(C)C)ccc1OCc1c(C)noc1C. The van der Waals surface area contributed by atoms with E-state index >= 15 is 0 Å². The molecule has 1 aromatic carbocycles. The second-order valence-corrected chi connectivity index (χ2v) is 7.74. The van der Waals surface area contributed by atoms with E-state index < -0.39 is 5.97 Å². The molecule has 0 unspecified atom stereocenters. The Morgan fingerprint density at radius 2 is 1.93 bits per heavy atom. The van der Waals surface area contributed by atoms with Gasteiger partial charge in [-0.15, -0.1) is 0 Å². The summed E-state index contributed by atoms with van der Waals surface area (Å²) in [6, 6.07) is 5.26. The van der Waals surface area contributed by atoms with Crippen LogP contribution in [0, 0.1) is 13.8 Å². The lowest BCUT2D eigenvalue weighted by molar-refractivity contribution is -0.144. The topological polar surface area (TPSA) is 99.9 Å². The third-order valence-electron chi connectivity index (χ3n) is 4.01. The van der Waals surface area contributed by atoms with Gasteiger partial charge in [0.25, 0.3) is 5.91 Å². The molecule has 0 atom stereocenters. The molecule has 0 saturated carbocycles. The van der Waals surface area contributed by atoms with Gasteiger partial charge in [0.05, 0.1) is 18.4 Å². The molecule has 0 saturated heterocycles. The Balaban J connectivity index is 1.95. The summed E-state index contributed by atoms with van der Waals surface area (Å²) in [5.74, 6) is 0.807. The first-order valence-electron chi connectivity index (χ1n) is 9.47. The molecule has 0 spiro atoms. The van der Waals surface area contributed by atoms with Crippen molar-refractivity contribution in [1.82, 2.24) is 10.5 Å². The first-order valence-corrected chi connectivity index (χ1v) is 9.47. The number of amides is 1. The maximum atomic E-state index is 11.8. The summed E-state index contributed by atoms with van der Waals surface area (Å²) < 4.78 is 21.3. The van der Waals surface area contributed by atoms with Gasteiger partial charge < -0.3 is 24.1 Å². The molecular formula is C22H28N2O6. The van der Waals surface area contributed by atoms with Gasteiger partial charge in [-0.2, -0.15) is 0 Å². The second kappa shape index (κ2) is 9.96. The number of esters is 1. The number of nitrogens with zero attached hydrogens (tertiary/aromatic N) is 1. The first kappa shape index (κ1) is 23.0.